The quantitative estimate of drug-likeness (QED) is 0.939. The Labute approximate surface area is 123 Å². The van der Waals surface area contributed by atoms with E-state index in [4.69, 9.17) is 4.74 Å². The van der Waals surface area contributed by atoms with E-state index in [-0.39, 0.29) is 10.5 Å². The molecule has 110 valence electrons. The highest BCUT2D eigenvalue weighted by atomic mass is 32.2. The fourth-order valence-electron chi connectivity index (χ4n) is 1.70. The monoisotopic (exact) mass is 305 g/mol. The van der Waals surface area contributed by atoms with Crippen molar-refractivity contribution in [2.75, 3.05) is 7.11 Å². The van der Waals surface area contributed by atoms with Gasteiger partial charge in [0.2, 0.25) is 0 Å². The van der Waals surface area contributed by atoms with Crippen LogP contribution >= 0.6 is 0 Å². The molecular formula is C15H15NO4S. The molecule has 0 radical (unpaired) electrons. The van der Waals surface area contributed by atoms with Crippen LogP contribution in [0.15, 0.2) is 53.4 Å². The van der Waals surface area contributed by atoms with Gasteiger partial charge >= 0.3 is 0 Å². The zero-order valence-electron chi connectivity index (χ0n) is 11.7. The molecule has 2 aromatic carbocycles. The zero-order valence-corrected chi connectivity index (χ0v) is 12.5. The van der Waals surface area contributed by atoms with Crippen molar-refractivity contribution in [3.63, 3.8) is 0 Å². The minimum atomic E-state index is -3.87. The van der Waals surface area contributed by atoms with Crippen LogP contribution in [0.4, 0.5) is 0 Å². The van der Waals surface area contributed by atoms with E-state index in [1.807, 2.05) is 11.6 Å². The van der Waals surface area contributed by atoms with E-state index in [0.717, 1.165) is 5.56 Å². The molecule has 5 nitrogen and oxygen atoms in total. The molecule has 1 N–H and O–H groups in total. The lowest BCUT2D eigenvalue weighted by Gasteiger charge is -2.07. The van der Waals surface area contributed by atoms with Crippen molar-refractivity contribution in [2.45, 2.75) is 11.8 Å². The van der Waals surface area contributed by atoms with Gasteiger partial charge in [-0.3, -0.25) is 4.79 Å². The standard InChI is InChI=1S/C15H15NO4S/c1-11-3-9-14(10-4-11)21(18,19)16-15(17)12-5-7-13(20-2)8-6-12/h3-10H,1-2H3,(H,16,17). The van der Waals surface area contributed by atoms with Crippen LogP contribution in [0, 0.1) is 6.92 Å². The highest BCUT2D eigenvalue weighted by Gasteiger charge is 2.18. The number of ether oxygens (including phenoxy) is 1. The van der Waals surface area contributed by atoms with E-state index >= 15 is 0 Å². The predicted molar refractivity (Wildman–Crippen MR) is 78.8 cm³/mol. The van der Waals surface area contributed by atoms with Gasteiger partial charge in [-0.05, 0) is 43.3 Å². The van der Waals surface area contributed by atoms with Crippen molar-refractivity contribution in [3.05, 3.63) is 59.7 Å². The number of aryl methyl sites for hydroxylation is 1. The second-order valence-electron chi connectivity index (χ2n) is 4.48. The molecule has 0 aliphatic heterocycles. The Balaban J connectivity index is 2.19. The molecule has 0 unspecified atom stereocenters. The lowest BCUT2D eigenvalue weighted by Crippen LogP contribution is -2.30. The minimum Gasteiger partial charge on any atom is -0.497 e. The van der Waals surface area contributed by atoms with E-state index in [1.165, 1.54) is 31.4 Å². The van der Waals surface area contributed by atoms with Gasteiger partial charge in [0.1, 0.15) is 5.75 Å². The van der Waals surface area contributed by atoms with Gasteiger partial charge < -0.3 is 4.74 Å². The number of hydrogen-bond donors (Lipinski definition) is 1. The predicted octanol–water partition coefficient (Wildman–Crippen LogP) is 2.12. The summed E-state index contributed by atoms with van der Waals surface area (Å²) in [5.74, 6) is -0.0915. The second-order valence-corrected chi connectivity index (χ2v) is 6.16. The third kappa shape index (κ3) is 3.61. The highest BCUT2D eigenvalue weighted by Crippen LogP contribution is 2.13. The molecule has 2 aromatic rings. The SMILES string of the molecule is COc1ccc(C(=O)NS(=O)(=O)c2ccc(C)cc2)cc1. The van der Waals surface area contributed by atoms with Gasteiger partial charge in [0.15, 0.2) is 0 Å². The fraction of sp³-hybridized carbons (Fsp3) is 0.133. The molecule has 0 spiro atoms. The topological polar surface area (TPSA) is 72.5 Å². The number of rotatable bonds is 4. The number of nitrogens with one attached hydrogen (secondary N) is 1. The maximum absolute atomic E-state index is 12.1. The normalized spacial score (nSPS) is 11.0. The summed E-state index contributed by atoms with van der Waals surface area (Å²) in [6, 6.07) is 12.4. The van der Waals surface area contributed by atoms with E-state index in [0.29, 0.717) is 5.75 Å². The largest absolute Gasteiger partial charge is 0.497 e. The molecule has 1 amide bonds. The van der Waals surface area contributed by atoms with Gasteiger partial charge in [-0.25, -0.2) is 13.1 Å². The number of sulfonamides is 1. The first-order chi connectivity index (χ1) is 9.92. The average Bonchev–Trinajstić information content (AvgIpc) is 2.47. The second kappa shape index (κ2) is 5.97. The molecule has 0 atom stereocenters. The lowest BCUT2D eigenvalue weighted by molar-refractivity contribution is 0.0981. The van der Waals surface area contributed by atoms with Crippen LogP contribution in [-0.2, 0) is 10.0 Å². The molecule has 0 fully saturated rings. The Morgan fingerprint density at radius 1 is 1.00 bits per heavy atom. The Kier molecular flexibility index (Phi) is 4.28. The summed E-state index contributed by atoms with van der Waals surface area (Å²) in [6.45, 7) is 1.85. The maximum atomic E-state index is 12.1. The summed E-state index contributed by atoms with van der Waals surface area (Å²) in [6.07, 6.45) is 0. The Hall–Kier alpha value is -2.34. The van der Waals surface area contributed by atoms with Crippen molar-refractivity contribution in [2.24, 2.45) is 0 Å². The van der Waals surface area contributed by atoms with Crippen molar-refractivity contribution >= 4 is 15.9 Å². The number of amides is 1. The number of methoxy groups -OCH3 is 1. The molecular weight excluding hydrogens is 290 g/mol. The van der Waals surface area contributed by atoms with Crippen molar-refractivity contribution in [3.8, 4) is 5.75 Å². The van der Waals surface area contributed by atoms with Gasteiger partial charge in [0.05, 0.1) is 12.0 Å². The van der Waals surface area contributed by atoms with Crippen molar-refractivity contribution in [1.82, 2.24) is 4.72 Å². The van der Waals surface area contributed by atoms with Crippen LogP contribution in [0.3, 0.4) is 0 Å². The van der Waals surface area contributed by atoms with Gasteiger partial charge in [-0.1, -0.05) is 17.7 Å². The fourth-order valence-corrected chi connectivity index (χ4v) is 2.67. The highest BCUT2D eigenvalue weighted by molar-refractivity contribution is 7.90. The molecule has 6 heteroatoms. The van der Waals surface area contributed by atoms with Crippen LogP contribution in [0.2, 0.25) is 0 Å². The van der Waals surface area contributed by atoms with E-state index in [2.05, 4.69) is 0 Å². The van der Waals surface area contributed by atoms with Crippen LogP contribution in [0.1, 0.15) is 15.9 Å². The van der Waals surface area contributed by atoms with Gasteiger partial charge in [0, 0.05) is 5.56 Å². The Morgan fingerprint density at radius 3 is 2.10 bits per heavy atom. The van der Waals surface area contributed by atoms with Crippen molar-refractivity contribution < 1.29 is 17.9 Å². The van der Waals surface area contributed by atoms with Crippen LogP contribution in [0.25, 0.3) is 0 Å². The van der Waals surface area contributed by atoms with Crippen LogP contribution in [-0.4, -0.2) is 21.4 Å². The molecule has 0 aromatic heterocycles. The molecule has 21 heavy (non-hydrogen) atoms. The summed E-state index contributed by atoms with van der Waals surface area (Å²) >= 11 is 0. The molecule has 0 heterocycles. The molecule has 0 saturated carbocycles. The third-order valence-electron chi connectivity index (χ3n) is 2.91. The lowest BCUT2D eigenvalue weighted by atomic mass is 10.2. The van der Waals surface area contributed by atoms with E-state index in [1.54, 1.807) is 24.3 Å². The zero-order chi connectivity index (χ0) is 15.5. The maximum Gasteiger partial charge on any atom is 0.265 e. The molecule has 2 rings (SSSR count). The molecule has 0 saturated heterocycles. The van der Waals surface area contributed by atoms with Gasteiger partial charge in [-0.2, -0.15) is 0 Å². The smallest absolute Gasteiger partial charge is 0.265 e. The first-order valence-corrected chi connectivity index (χ1v) is 7.68. The first kappa shape index (κ1) is 15.1. The Morgan fingerprint density at radius 2 is 1.57 bits per heavy atom. The number of benzene rings is 2. The van der Waals surface area contributed by atoms with Gasteiger partial charge in [-0.15, -0.1) is 0 Å². The van der Waals surface area contributed by atoms with Crippen molar-refractivity contribution in [1.29, 1.82) is 0 Å². The summed E-state index contributed by atoms with van der Waals surface area (Å²) < 4.78 is 31.2. The third-order valence-corrected chi connectivity index (χ3v) is 4.26. The summed E-state index contributed by atoms with van der Waals surface area (Å²) in [4.78, 5) is 12.0. The minimum absolute atomic E-state index is 0.0509. The molecule has 0 aliphatic rings. The summed E-state index contributed by atoms with van der Waals surface area (Å²) in [5.41, 5.74) is 1.18. The van der Waals surface area contributed by atoms with Crippen LogP contribution in [0.5, 0.6) is 5.75 Å². The molecule has 0 aliphatic carbocycles. The number of carbonyl (C=O) groups excluding carboxylic acids is 1. The van der Waals surface area contributed by atoms with E-state index < -0.39 is 15.9 Å². The first-order valence-electron chi connectivity index (χ1n) is 6.20. The average molecular weight is 305 g/mol. The summed E-state index contributed by atoms with van der Waals surface area (Å²) in [7, 11) is -2.36. The van der Waals surface area contributed by atoms with Gasteiger partial charge in [0.25, 0.3) is 15.9 Å². The number of carbonyl (C=O) groups is 1. The summed E-state index contributed by atoms with van der Waals surface area (Å²) in [5, 5.41) is 0. The van der Waals surface area contributed by atoms with E-state index in [9.17, 15) is 13.2 Å². The Bertz CT molecular complexity index is 734. The van der Waals surface area contributed by atoms with Crippen LogP contribution < -0.4 is 9.46 Å². The molecule has 0 bridgehead atoms. The number of hydrogen-bond acceptors (Lipinski definition) is 4.